The summed E-state index contributed by atoms with van der Waals surface area (Å²) in [5, 5.41) is 3.42. The highest BCUT2D eigenvalue weighted by atomic mass is 16.5. The van der Waals surface area contributed by atoms with Gasteiger partial charge in [-0.3, -0.25) is 9.69 Å². The van der Waals surface area contributed by atoms with E-state index in [1.807, 2.05) is 32.0 Å². The average Bonchev–Trinajstić information content (AvgIpc) is 3.43. The van der Waals surface area contributed by atoms with Crippen molar-refractivity contribution in [1.82, 2.24) is 10.2 Å². The van der Waals surface area contributed by atoms with Gasteiger partial charge in [-0.1, -0.05) is 60.7 Å². The van der Waals surface area contributed by atoms with Gasteiger partial charge in [0.15, 0.2) is 23.0 Å². The maximum Gasteiger partial charge on any atom is 0.234 e. The number of amides is 1. The molecule has 46 heavy (non-hydrogen) atoms. The second-order valence-electron chi connectivity index (χ2n) is 12.4. The van der Waals surface area contributed by atoms with Gasteiger partial charge >= 0.3 is 0 Å². The third-order valence-electron chi connectivity index (χ3n) is 9.24. The van der Waals surface area contributed by atoms with Crippen molar-refractivity contribution in [3.63, 3.8) is 0 Å². The number of carbonyl (C=O) groups excluding carboxylic acids is 1. The third kappa shape index (κ3) is 6.56. The van der Waals surface area contributed by atoms with E-state index < -0.39 is 0 Å². The van der Waals surface area contributed by atoms with Crippen LogP contribution in [0, 0.1) is 0 Å². The minimum Gasteiger partial charge on any atom is -0.493 e. The quantitative estimate of drug-likeness (QED) is 0.194. The first-order chi connectivity index (χ1) is 22.4. The van der Waals surface area contributed by atoms with Crippen LogP contribution < -0.4 is 24.3 Å². The lowest BCUT2D eigenvalue weighted by Crippen LogP contribution is -2.44. The molecule has 0 bridgehead atoms. The van der Waals surface area contributed by atoms with Gasteiger partial charge in [-0.05, 0) is 90.8 Å². The van der Waals surface area contributed by atoms with E-state index in [0.717, 1.165) is 42.0 Å². The lowest BCUT2D eigenvalue weighted by Gasteiger charge is -2.38. The zero-order valence-corrected chi connectivity index (χ0v) is 27.4. The summed E-state index contributed by atoms with van der Waals surface area (Å²) in [7, 11) is 4.97. The van der Waals surface area contributed by atoms with E-state index in [4.69, 9.17) is 18.9 Å². The number of nitrogens with one attached hydrogen (secondary N) is 1. The molecule has 0 fully saturated rings. The van der Waals surface area contributed by atoms with E-state index >= 15 is 0 Å². The van der Waals surface area contributed by atoms with E-state index in [1.165, 1.54) is 22.3 Å². The summed E-state index contributed by atoms with van der Waals surface area (Å²) in [6.45, 7) is 5.07. The van der Waals surface area contributed by atoms with Gasteiger partial charge in [-0.15, -0.1) is 0 Å². The van der Waals surface area contributed by atoms with Crippen LogP contribution in [0.25, 0.3) is 0 Å². The number of benzene rings is 4. The van der Waals surface area contributed by atoms with Crippen molar-refractivity contribution < 1.29 is 23.7 Å². The molecule has 0 saturated heterocycles. The minimum atomic E-state index is -0.0547. The van der Waals surface area contributed by atoms with Crippen molar-refractivity contribution in [2.75, 3.05) is 34.4 Å². The Bertz CT molecular complexity index is 1670. The fourth-order valence-electron chi connectivity index (χ4n) is 7.12. The largest absolute Gasteiger partial charge is 0.493 e. The molecule has 0 saturated carbocycles. The predicted octanol–water partition coefficient (Wildman–Crippen LogP) is 7.03. The first-order valence-electron chi connectivity index (χ1n) is 16.1. The summed E-state index contributed by atoms with van der Waals surface area (Å²) in [5.74, 6) is 3.12. The molecule has 4 aromatic carbocycles. The van der Waals surface area contributed by atoms with Gasteiger partial charge in [0.25, 0.3) is 0 Å². The average molecular weight is 621 g/mol. The van der Waals surface area contributed by atoms with Crippen LogP contribution in [0.2, 0.25) is 0 Å². The van der Waals surface area contributed by atoms with Crippen LogP contribution in [0.5, 0.6) is 23.0 Å². The second-order valence-corrected chi connectivity index (χ2v) is 12.4. The zero-order valence-electron chi connectivity index (χ0n) is 27.4. The number of nitrogens with zero attached hydrogens (tertiary/aromatic N) is 1. The molecule has 7 nitrogen and oxygen atoms in total. The number of carbonyl (C=O) groups is 1. The highest BCUT2D eigenvalue weighted by molar-refractivity contribution is 5.79. The van der Waals surface area contributed by atoms with Crippen LogP contribution in [0.15, 0.2) is 84.9 Å². The highest BCUT2D eigenvalue weighted by Gasteiger charge is 2.35. The van der Waals surface area contributed by atoms with Crippen molar-refractivity contribution in [2.45, 2.75) is 57.2 Å². The molecule has 2 aliphatic rings. The molecule has 6 rings (SSSR count). The molecule has 7 heteroatoms. The van der Waals surface area contributed by atoms with Crippen molar-refractivity contribution in [3.8, 4) is 23.0 Å². The summed E-state index contributed by atoms with van der Waals surface area (Å²) >= 11 is 0. The summed E-state index contributed by atoms with van der Waals surface area (Å²) in [4.78, 5) is 16.2. The van der Waals surface area contributed by atoms with Crippen molar-refractivity contribution in [1.29, 1.82) is 0 Å². The van der Waals surface area contributed by atoms with Crippen LogP contribution in [-0.4, -0.2) is 51.3 Å². The summed E-state index contributed by atoms with van der Waals surface area (Å²) in [5.41, 5.74) is 7.25. The van der Waals surface area contributed by atoms with E-state index in [1.54, 1.807) is 21.3 Å². The highest BCUT2D eigenvalue weighted by Crippen LogP contribution is 2.44. The lowest BCUT2D eigenvalue weighted by atomic mass is 9.88. The molecule has 0 aromatic heterocycles. The van der Waals surface area contributed by atoms with Crippen molar-refractivity contribution >= 4 is 5.91 Å². The lowest BCUT2D eigenvalue weighted by molar-refractivity contribution is -0.123. The standard InChI is InChI=1S/C39H44N2O5/c1-25(2)46-38-23-32-28(21-37(38)45-5)17-18-41(34(32)19-26-15-16-35(43-3)36(20-26)44-4)24-39(42)40-33-22-31(27-11-7-6-8-12-27)29-13-9-10-14-30(29)33/h6-16,20-21,23,25,31,33-34H,17-19,22,24H2,1-5H3,(H,40,42). The Hall–Kier alpha value is -4.49. The Morgan fingerprint density at radius 2 is 1.50 bits per heavy atom. The fourth-order valence-corrected chi connectivity index (χ4v) is 7.12. The smallest absolute Gasteiger partial charge is 0.234 e. The Labute approximate surface area is 272 Å². The Morgan fingerprint density at radius 3 is 2.22 bits per heavy atom. The van der Waals surface area contributed by atoms with Gasteiger partial charge in [0.2, 0.25) is 5.91 Å². The number of hydrogen-bond acceptors (Lipinski definition) is 6. The summed E-state index contributed by atoms with van der Waals surface area (Å²) in [6.07, 6.45) is 2.35. The Morgan fingerprint density at radius 1 is 0.804 bits per heavy atom. The van der Waals surface area contributed by atoms with Crippen LogP contribution in [0.3, 0.4) is 0 Å². The molecular weight excluding hydrogens is 576 g/mol. The van der Waals surface area contributed by atoms with E-state index in [2.05, 4.69) is 76.9 Å². The van der Waals surface area contributed by atoms with Crippen LogP contribution in [0.1, 0.15) is 71.7 Å². The molecule has 0 spiro atoms. The van der Waals surface area contributed by atoms with Crippen LogP contribution in [0.4, 0.5) is 0 Å². The van der Waals surface area contributed by atoms with Crippen molar-refractivity contribution in [3.05, 3.63) is 118 Å². The van der Waals surface area contributed by atoms with Crippen LogP contribution >= 0.6 is 0 Å². The third-order valence-corrected chi connectivity index (χ3v) is 9.24. The molecule has 1 aliphatic carbocycles. The molecule has 1 N–H and O–H groups in total. The predicted molar refractivity (Wildman–Crippen MR) is 180 cm³/mol. The van der Waals surface area contributed by atoms with Gasteiger partial charge in [-0.25, -0.2) is 0 Å². The molecule has 4 aromatic rings. The second kappa shape index (κ2) is 13.9. The molecule has 240 valence electrons. The zero-order chi connectivity index (χ0) is 32.2. The Kier molecular flexibility index (Phi) is 9.50. The SMILES string of the molecule is COc1ccc(CC2c3cc(OC(C)C)c(OC)cc3CCN2CC(=O)NC2CC(c3ccccc3)c3ccccc32)cc1OC. The normalized spacial score (nSPS) is 18.9. The molecule has 3 unspecified atom stereocenters. The summed E-state index contributed by atoms with van der Waals surface area (Å²) in [6, 6.07) is 29.3. The molecule has 3 atom stereocenters. The number of methoxy groups -OCH3 is 3. The molecule has 0 radical (unpaired) electrons. The fraction of sp³-hybridized carbons (Fsp3) is 0.359. The number of fused-ring (bicyclic) bond motifs is 2. The van der Waals surface area contributed by atoms with Crippen LogP contribution in [-0.2, 0) is 17.6 Å². The Balaban J connectivity index is 1.28. The number of hydrogen-bond donors (Lipinski definition) is 1. The topological polar surface area (TPSA) is 69.3 Å². The molecular formula is C39H44N2O5. The van der Waals surface area contributed by atoms with E-state index in [0.29, 0.717) is 24.5 Å². The van der Waals surface area contributed by atoms with Gasteiger partial charge < -0.3 is 24.3 Å². The van der Waals surface area contributed by atoms with Gasteiger partial charge in [0.05, 0.1) is 40.0 Å². The molecule has 1 heterocycles. The first-order valence-corrected chi connectivity index (χ1v) is 16.1. The van der Waals surface area contributed by atoms with E-state index in [-0.39, 0.29) is 30.0 Å². The first kappa shape index (κ1) is 31.5. The number of ether oxygens (including phenoxy) is 4. The minimum absolute atomic E-state index is 0.00396. The van der Waals surface area contributed by atoms with Crippen molar-refractivity contribution in [2.24, 2.45) is 0 Å². The van der Waals surface area contributed by atoms with Gasteiger partial charge in [0.1, 0.15) is 0 Å². The molecule has 1 aliphatic heterocycles. The summed E-state index contributed by atoms with van der Waals surface area (Å²) < 4.78 is 23.0. The van der Waals surface area contributed by atoms with E-state index in [9.17, 15) is 4.79 Å². The maximum absolute atomic E-state index is 13.9. The molecule has 1 amide bonds. The number of rotatable bonds is 11. The monoisotopic (exact) mass is 620 g/mol. The maximum atomic E-state index is 13.9. The van der Waals surface area contributed by atoms with Gasteiger partial charge in [0, 0.05) is 18.5 Å². The van der Waals surface area contributed by atoms with Gasteiger partial charge in [-0.2, -0.15) is 0 Å².